The number of benzene rings is 2. The molecule has 0 saturated carbocycles. The van der Waals surface area contributed by atoms with Gasteiger partial charge in [-0.1, -0.05) is 60.7 Å². The topological polar surface area (TPSA) is 55.8 Å². The van der Waals surface area contributed by atoms with Gasteiger partial charge in [-0.15, -0.1) is 0 Å². The third-order valence-electron chi connectivity index (χ3n) is 5.38. The number of carbonyl (C=O) groups excluding carboxylic acids is 2. The number of carbonyl (C=O) groups is 2. The minimum absolute atomic E-state index is 0.0706. The summed E-state index contributed by atoms with van der Waals surface area (Å²) in [5.41, 5.74) is 2.91. The van der Waals surface area contributed by atoms with Crippen LogP contribution in [0, 0.1) is 0 Å². The first-order chi connectivity index (χ1) is 14.5. The number of hydrogen-bond acceptors (Lipinski definition) is 5. The van der Waals surface area contributed by atoms with Crippen LogP contribution >= 0.6 is 0 Å². The molecule has 0 radical (unpaired) electrons. The molecule has 1 aliphatic rings. The van der Waals surface area contributed by atoms with Crippen molar-refractivity contribution in [3.05, 3.63) is 95.3 Å². The molecule has 0 fully saturated rings. The maximum Gasteiger partial charge on any atom is 0.336 e. The Labute approximate surface area is 177 Å². The molecule has 2 aromatic carbocycles. The lowest BCUT2D eigenvalue weighted by Crippen LogP contribution is -2.33. The maximum atomic E-state index is 12.7. The van der Waals surface area contributed by atoms with Gasteiger partial charge in [-0.25, -0.2) is 9.59 Å². The fraction of sp³-hybridized carbons (Fsp3) is 0.280. The van der Waals surface area contributed by atoms with Crippen molar-refractivity contribution in [1.82, 2.24) is 4.90 Å². The molecule has 0 bridgehead atoms. The second kappa shape index (κ2) is 9.92. The summed E-state index contributed by atoms with van der Waals surface area (Å²) in [6, 6.07) is 19.8. The van der Waals surface area contributed by atoms with Crippen molar-refractivity contribution in [2.45, 2.75) is 31.7 Å². The van der Waals surface area contributed by atoms with Crippen LogP contribution in [0.2, 0.25) is 0 Å². The van der Waals surface area contributed by atoms with Gasteiger partial charge in [0.15, 0.2) is 0 Å². The Morgan fingerprint density at radius 2 is 1.37 bits per heavy atom. The van der Waals surface area contributed by atoms with E-state index in [1.54, 1.807) is 12.4 Å². The van der Waals surface area contributed by atoms with Gasteiger partial charge in [0.2, 0.25) is 0 Å². The van der Waals surface area contributed by atoms with Crippen molar-refractivity contribution < 1.29 is 19.1 Å². The summed E-state index contributed by atoms with van der Waals surface area (Å²) in [6.45, 7) is 2.07. The SMILES string of the molecule is COC(=O)C1=CN([C@H](C)CCc2ccccc2)C=C(C(=O)OC)C1c1ccccc1. The van der Waals surface area contributed by atoms with Crippen molar-refractivity contribution >= 4 is 11.9 Å². The molecular weight excluding hydrogens is 378 g/mol. The summed E-state index contributed by atoms with van der Waals surface area (Å²) in [7, 11) is 2.70. The largest absolute Gasteiger partial charge is 0.466 e. The number of methoxy groups -OCH3 is 2. The molecule has 0 aliphatic carbocycles. The van der Waals surface area contributed by atoms with E-state index in [0.29, 0.717) is 11.1 Å². The molecule has 0 N–H and O–H groups in total. The highest BCUT2D eigenvalue weighted by Gasteiger charge is 2.35. The Hall–Kier alpha value is -3.34. The molecule has 0 spiro atoms. The summed E-state index contributed by atoms with van der Waals surface area (Å²) in [5, 5.41) is 0. The Bertz CT molecular complexity index is 900. The highest BCUT2D eigenvalue weighted by Crippen LogP contribution is 2.37. The van der Waals surface area contributed by atoms with Gasteiger partial charge in [0.25, 0.3) is 0 Å². The van der Waals surface area contributed by atoms with E-state index >= 15 is 0 Å². The zero-order chi connectivity index (χ0) is 21.5. The fourth-order valence-electron chi connectivity index (χ4n) is 3.68. The van der Waals surface area contributed by atoms with Gasteiger partial charge in [0, 0.05) is 18.4 Å². The van der Waals surface area contributed by atoms with E-state index in [1.165, 1.54) is 19.8 Å². The van der Waals surface area contributed by atoms with Crippen LogP contribution in [0.4, 0.5) is 0 Å². The molecule has 0 aromatic heterocycles. The number of rotatable bonds is 7. The molecular formula is C25H27NO4. The van der Waals surface area contributed by atoms with Gasteiger partial charge in [-0.3, -0.25) is 0 Å². The van der Waals surface area contributed by atoms with Gasteiger partial charge in [0.1, 0.15) is 0 Å². The molecule has 1 heterocycles. The average Bonchev–Trinajstić information content (AvgIpc) is 2.81. The van der Waals surface area contributed by atoms with Gasteiger partial charge < -0.3 is 14.4 Å². The number of esters is 2. The second-order valence-electron chi connectivity index (χ2n) is 7.32. The Kier molecular flexibility index (Phi) is 7.07. The van der Waals surface area contributed by atoms with Gasteiger partial charge in [-0.2, -0.15) is 0 Å². The minimum Gasteiger partial charge on any atom is -0.466 e. The van der Waals surface area contributed by atoms with Crippen LogP contribution in [-0.2, 0) is 25.5 Å². The smallest absolute Gasteiger partial charge is 0.336 e. The predicted octanol–water partition coefficient (Wildman–Crippen LogP) is 4.22. The molecule has 0 unspecified atom stereocenters. The Morgan fingerprint density at radius 3 is 1.87 bits per heavy atom. The van der Waals surface area contributed by atoms with Crippen molar-refractivity contribution in [1.29, 1.82) is 0 Å². The van der Waals surface area contributed by atoms with Crippen molar-refractivity contribution in [2.75, 3.05) is 14.2 Å². The normalized spacial score (nSPS) is 15.1. The zero-order valence-corrected chi connectivity index (χ0v) is 17.6. The highest BCUT2D eigenvalue weighted by molar-refractivity contribution is 5.98. The number of nitrogens with zero attached hydrogens (tertiary/aromatic N) is 1. The lowest BCUT2D eigenvalue weighted by atomic mass is 9.83. The molecule has 1 atom stereocenters. The average molecular weight is 405 g/mol. The van der Waals surface area contributed by atoms with Gasteiger partial charge in [0.05, 0.1) is 31.3 Å². The van der Waals surface area contributed by atoms with Crippen molar-refractivity contribution in [3.8, 4) is 0 Å². The molecule has 5 heteroatoms. The lowest BCUT2D eigenvalue weighted by Gasteiger charge is -2.33. The second-order valence-corrected chi connectivity index (χ2v) is 7.32. The molecule has 156 valence electrons. The van der Waals surface area contributed by atoms with Crippen LogP contribution in [0.15, 0.2) is 84.2 Å². The van der Waals surface area contributed by atoms with Gasteiger partial charge in [-0.05, 0) is 30.9 Å². The highest BCUT2D eigenvalue weighted by atomic mass is 16.5. The molecule has 0 amide bonds. The van der Waals surface area contributed by atoms with Crippen LogP contribution < -0.4 is 0 Å². The van der Waals surface area contributed by atoms with Crippen molar-refractivity contribution in [3.63, 3.8) is 0 Å². The Balaban J connectivity index is 1.94. The van der Waals surface area contributed by atoms with Crippen molar-refractivity contribution in [2.24, 2.45) is 0 Å². The van der Waals surface area contributed by atoms with E-state index < -0.39 is 17.9 Å². The van der Waals surface area contributed by atoms with Crippen LogP contribution in [0.5, 0.6) is 0 Å². The predicted molar refractivity (Wildman–Crippen MR) is 115 cm³/mol. The molecule has 30 heavy (non-hydrogen) atoms. The number of ether oxygens (including phenoxy) is 2. The summed E-state index contributed by atoms with van der Waals surface area (Å²) in [6.07, 6.45) is 5.34. The molecule has 0 saturated heterocycles. The first-order valence-electron chi connectivity index (χ1n) is 10.0. The molecule has 5 nitrogen and oxygen atoms in total. The minimum atomic E-state index is -0.538. The van der Waals surface area contributed by atoms with E-state index in [9.17, 15) is 9.59 Å². The van der Waals surface area contributed by atoms with Crippen LogP contribution in [0.1, 0.15) is 30.4 Å². The fourth-order valence-corrected chi connectivity index (χ4v) is 3.68. The summed E-state index contributed by atoms with van der Waals surface area (Å²) < 4.78 is 10.1. The standard InChI is InChI=1S/C25H27NO4/c1-18(14-15-19-10-6-4-7-11-19)26-16-21(24(27)29-2)23(20-12-8-5-9-13-20)22(17-26)25(28)30-3/h4-13,16-18,23H,14-15H2,1-3H3/t18-/m1/s1. The number of aryl methyl sites for hydroxylation is 1. The monoisotopic (exact) mass is 405 g/mol. The van der Waals surface area contributed by atoms with E-state index in [2.05, 4.69) is 19.1 Å². The first kappa shape index (κ1) is 21.4. The van der Waals surface area contributed by atoms with Crippen LogP contribution in [0.25, 0.3) is 0 Å². The van der Waals surface area contributed by atoms with E-state index in [-0.39, 0.29) is 6.04 Å². The maximum absolute atomic E-state index is 12.7. The van der Waals surface area contributed by atoms with E-state index in [4.69, 9.17) is 9.47 Å². The molecule has 3 rings (SSSR count). The third-order valence-corrected chi connectivity index (χ3v) is 5.38. The lowest BCUT2D eigenvalue weighted by molar-refractivity contribution is -0.137. The first-order valence-corrected chi connectivity index (χ1v) is 10.0. The van der Waals surface area contributed by atoms with E-state index in [1.807, 2.05) is 53.4 Å². The summed E-state index contributed by atoms with van der Waals surface area (Å²) in [4.78, 5) is 27.2. The number of hydrogen-bond donors (Lipinski definition) is 0. The van der Waals surface area contributed by atoms with Crippen LogP contribution in [-0.4, -0.2) is 37.1 Å². The Morgan fingerprint density at radius 1 is 0.867 bits per heavy atom. The molecule has 2 aromatic rings. The quantitative estimate of drug-likeness (QED) is 0.646. The van der Waals surface area contributed by atoms with Gasteiger partial charge >= 0.3 is 11.9 Å². The summed E-state index contributed by atoms with van der Waals surface area (Å²) >= 11 is 0. The third kappa shape index (κ3) is 4.79. The van der Waals surface area contributed by atoms with E-state index in [0.717, 1.165) is 18.4 Å². The zero-order valence-electron chi connectivity index (χ0n) is 17.6. The molecule has 1 aliphatic heterocycles. The summed E-state index contributed by atoms with van der Waals surface area (Å²) in [5.74, 6) is -1.46. The van der Waals surface area contributed by atoms with Crippen LogP contribution in [0.3, 0.4) is 0 Å².